The summed E-state index contributed by atoms with van der Waals surface area (Å²) < 4.78 is 24.7. The van der Waals surface area contributed by atoms with E-state index in [4.69, 9.17) is 7.56 Å². The zero-order valence-corrected chi connectivity index (χ0v) is 38.4. The van der Waals surface area contributed by atoms with Crippen molar-refractivity contribution in [2.24, 2.45) is 0 Å². The van der Waals surface area contributed by atoms with Crippen molar-refractivity contribution in [2.75, 3.05) is 0 Å². The average molecular weight is 881 g/mol. The molecular weight excluding hydrogens is 798 g/mol. The van der Waals surface area contributed by atoms with Crippen LogP contribution in [0.15, 0.2) is 0 Å². The van der Waals surface area contributed by atoms with Crippen molar-refractivity contribution in [3.05, 3.63) is 0 Å². The third-order valence-electron chi connectivity index (χ3n) is 9.67. The van der Waals surface area contributed by atoms with E-state index in [0.717, 1.165) is 90.4 Å². The Kier molecular flexibility index (Phi) is 34.0. The Morgan fingerprint density at radius 1 is 0.362 bits per heavy atom. The fourth-order valence-corrected chi connectivity index (χ4v) is 48.1. The Morgan fingerprint density at radius 2 is 0.638 bits per heavy atom. The van der Waals surface area contributed by atoms with Gasteiger partial charge < -0.3 is 0 Å². The van der Waals surface area contributed by atoms with Crippen molar-refractivity contribution in [3.8, 4) is 0 Å². The summed E-state index contributed by atoms with van der Waals surface area (Å²) in [5.74, 6) is -0.338. The van der Waals surface area contributed by atoms with E-state index >= 15 is 0 Å². The molecule has 7 heteroatoms. The average Bonchev–Trinajstić information content (AvgIpc) is 3.06. The minimum atomic E-state index is -4.53. The van der Waals surface area contributed by atoms with Crippen LogP contribution in [0.4, 0.5) is 0 Å². The molecule has 0 radical (unpaired) electrons. The second kappa shape index (κ2) is 33.6. The first-order chi connectivity index (χ1) is 22.9. The first-order valence-corrected chi connectivity index (χ1v) is 33.7. The minimum absolute atomic E-state index is 0.169. The van der Waals surface area contributed by atoms with Gasteiger partial charge in [-0.15, -0.1) is 0 Å². The van der Waals surface area contributed by atoms with Gasteiger partial charge in [0.2, 0.25) is 0 Å². The predicted octanol–water partition coefficient (Wildman–Crippen LogP) is 14.0. The summed E-state index contributed by atoms with van der Waals surface area (Å²) >= 11 is -7.77. The number of carbonyl (C=O) groups excluding carboxylic acids is 2. The third kappa shape index (κ3) is 26.9. The van der Waals surface area contributed by atoms with Crippen molar-refractivity contribution in [2.45, 2.75) is 239 Å². The van der Waals surface area contributed by atoms with Crippen LogP contribution in [-0.2, 0) is 17.1 Å². The molecule has 47 heavy (non-hydrogen) atoms. The molecule has 0 bridgehead atoms. The van der Waals surface area contributed by atoms with Crippen LogP contribution in [0.3, 0.4) is 0 Å². The molecule has 0 aromatic carbocycles. The fourth-order valence-electron chi connectivity index (χ4n) is 6.57. The molecule has 0 aromatic rings. The summed E-state index contributed by atoms with van der Waals surface area (Å²) in [6, 6.07) is 0. The van der Waals surface area contributed by atoms with Crippen LogP contribution >= 0.6 is 0 Å². The summed E-state index contributed by atoms with van der Waals surface area (Å²) in [7, 11) is 0. The number of hydrogen-bond donors (Lipinski definition) is 0. The molecular formula is C40H82O5Sn2. The van der Waals surface area contributed by atoms with Crippen LogP contribution in [0.5, 0.6) is 0 Å². The molecule has 0 aliphatic heterocycles. The summed E-state index contributed by atoms with van der Waals surface area (Å²) in [6.07, 6.45) is 31.5. The van der Waals surface area contributed by atoms with Gasteiger partial charge in [0.1, 0.15) is 0 Å². The Balaban J connectivity index is 5.67. The number of carbonyl (C=O) groups is 2. The van der Waals surface area contributed by atoms with E-state index in [1.165, 1.54) is 89.9 Å². The van der Waals surface area contributed by atoms with Crippen molar-refractivity contribution < 1.29 is 17.1 Å². The van der Waals surface area contributed by atoms with Crippen LogP contribution in [-0.4, -0.2) is 50.3 Å². The first kappa shape index (κ1) is 47.5. The molecule has 0 spiro atoms. The maximum atomic E-state index is 13.5. The zero-order valence-electron chi connectivity index (χ0n) is 32.7. The van der Waals surface area contributed by atoms with Gasteiger partial charge in [0.15, 0.2) is 0 Å². The van der Waals surface area contributed by atoms with Gasteiger partial charge in [-0.25, -0.2) is 0 Å². The van der Waals surface area contributed by atoms with Crippen molar-refractivity contribution in [1.82, 2.24) is 0 Å². The monoisotopic (exact) mass is 882 g/mol. The Morgan fingerprint density at radius 3 is 0.957 bits per heavy atom. The molecule has 280 valence electrons. The SMILES string of the molecule is CCCCCCCCCCCC(=O)[O][Sn]([CH2]CCC)([O]C(=O)CCCCCCCCCCC)[O][Sn]([CH2]CCC)([CH2]CCC)[CH2]CCC. The maximum absolute atomic E-state index is 13.5. The van der Waals surface area contributed by atoms with E-state index in [2.05, 4.69) is 41.5 Å². The molecule has 0 amide bonds. The molecule has 0 rings (SSSR count). The first-order valence-electron chi connectivity index (χ1n) is 21.0. The van der Waals surface area contributed by atoms with Crippen molar-refractivity contribution >= 4 is 50.3 Å². The van der Waals surface area contributed by atoms with Gasteiger partial charge in [0.25, 0.3) is 0 Å². The molecule has 0 saturated heterocycles. The van der Waals surface area contributed by atoms with Gasteiger partial charge in [-0.2, -0.15) is 0 Å². The van der Waals surface area contributed by atoms with Crippen molar-refractivity contribution in [3.63, 3.8) is 0 Å². The fraction of sp³-hybridized carbons (Fsp3) is 0.950. The van der Waals surface area contributed by atoms with Crippen LogP contribution in [0.1, 0.15) is 221 Å². The second-order valence-corrected chi connectivity index (χ2v) is 36.5. The van der Waals surface area contributed by atoms with E-state index < -0.39 is 38.4 Å². The summed E-state index contributed by atoms with van der Waals surface area (Å²) in [6.45, 7) is 13.5. The van der Waals surface area contributed by atoms with Crippen molar-refractivity contribution in [1.29, 1.82) is 0 Å². The molecule has 0 aliphatic rings. The van der Waals surface area contributed by atoms with Gasteiger partial charge in [-0.3, -0.25) is 0 Å². The molecule has 0 aliphatic carbocycles. The molecule has 0 fully saturated rings. The molecule has 0 N–H and O–H groups in total. The standard InChI is InChI=1S/2C12H24O2.4C4H9.O.2Sn/c2*1-2-3-4-5-6-7-8-9-10-11-12(13)14;4*1-3-4-2;;;/h2*2-11H2,1H3,(H,13,14);4*1,3-4H2,2H3;;;/q;;;;;;;;+2/p-2. The van der Waals surface area contributed by atoms with Crippen LogP contribution in [0.2, 0.25) is 17.7 Å². The Bertz CT molecular complexity index is 659. The van der Waals surface area contributed by atoms with Gasteiger partial charge in [0.05, 0.1) is 0 Å². The summed E-state index contributed by atoms with van der Waals surface area (Å²) in [4.78, 5) is 27.1. The van der Waals surface area contributed by atoms with Crippen LogP contribution in [0, 0.1) is 0 Å². The van der Waals surface area contributed by atoms with E-state index in [9.17, 15) is 9.59 Å². The Hall–Kier alpha value is 0.497. The van der Waals surface area contributed by atoms with E-state index in [1.807, 2.05) is 0 Å². The van der Waals surface area contributed by atoms with E-state index in [0.29, 0.717) is 17.3 Å². The van der Waals surface area contributed by atoms with Gasteiger partial charge in [-0.1, -0.05) is 13.8 Å². The van der Waals surface area contributed by atoms with Crippen LogP contribution in [0.25, 0.3) is 0 Å². The van der Waals surface area contributed by atoms with Gasteiger partial charge >= 0.3 is 293 Å². The Labute approximate surface area is 304 Å². The number of rotatable bonds is 36. The number of unbranched alkanes of at least 4 members (excludes halogenated alkanes) is 20. The summed E-state index contributed by atoms with van der Waals surface area (Å²) in [5.41, 5.74) is 0. The molecule has 0 unspecified atom stereocenters. The van der Waals surface area contributed by atoms with E-state index in [-0.39, 0.29) is 11.9 Å². The predicted molar refractivity (Wildman–Crippen MR) is 207 cm³/mol. The van der Waals surface area contributed by atoms with Gasteiger partial charge in [0, 0.05) is 0 Å². The zero-order chi connectivity index (χ0) is 34.9. The quantitative estimate of drug-likeness (QED) is 0.0463. The summed E-state index contributed by atoms with van der Waals surface area (Å²) in [5, 5.41) is 0. The third-order valence-corrected chi connectivity index (χ3v) is 42.7. The molecule has 0 atom stereocenters. The normalized spacial score (nSPS) is 12.0. The molecule has 0 aromatic heterocycles. The molecule has 0 saturated carbocycles. The molecule has 0 heterocycles. The van der Waals surface area contributed by atoms with E-state index in [1.54, 1.807) is 0 Å². The van der Waals surface area contributed by atoms with Gasteiger partial charge in [-0.05, 0) is 0 Å². The molecule has 5 nitrogen and oxygen atoms in total. The topological polar surface area (TPSA) is 61.8 Å². The number of hydrogen-bond acceptors (Lipinski definition) is 5. The van der Waals surface area contributed by atoms with Crippen LogP contribution < -0.4 is 0 Å². The second-order valence-electron chi connectivity index (χ2n) is 14.5.